The number of carbonyl (C=O) groups is 3. The van der Waals surface area contributed by atoms with Crippen molar-refractivity contribution in [3.63, 3.8) is 0 Å². The molecule has 0 radical (unpaired) electrons. The zero-order valence-corrected chi connectivity index (χ0v) is 49.6. The fourth-order valence-corrected chi connectivity index (χ4v) is 9.63. The molecule has 0 aliphatic carbocycles. The van der Waals surface area contributed by atoms with Crippen molar-refractivity contribution in [2.75, 3.05) is 13.2 Å². The maximum absolute atomic E-state index is 12.9. The van der Waals surface area contributed by atoms with Crippen molar-refractivity contribution in [3.05, 3.63) is 48.6 Å². The summed E-state index contributed by atoms with van der Waals surface area (Å²) in [4.78, 5) is 38.3. The summed E-state index contributed by atoms with van der Waals surface area (Å²) in [6.07, 6.45) is 78.4. The maximum atomic E-state index is 12.9. The molecule has 6 nitrogen and oxygen atoms in total. The molecule has 0 bridgehead atoms. The van der Waals surface area contributed by atoms with Gasteiger partial charge < -0.3 is 14.2 Å². The van der Waals surface area contributed by atoms with Gasteiger partial charge in [0.05, 0.1) is 0 Å². The number of allylic oxidation sites excluding steroid dienone is 8. The van der Waals surface area contributed by atoms with Crippen molar-refractivity contribution in [2.24, 2.45) is 0 Å². The lowest BCUT2D eigenvalue weighted by molar-refractivity contribution is -0.167. The van der Waals surface area contributed by atoms with Gasteiger partial charge in [-0.1, -0.05) is 301 Å². The Hall–Kier alpha value is -2.63. The zero-order chi connectivity index (χ0) is 53.6. The van der Waals surface area contributed by atoms with Crippen LogP contribution in [-0.4, -0.2) is 37.2 Å². The van der Waals surface area contributed by atoms with Crippen LogP contribution in [0, 0.1) is 0 Å². The van der Waals surface area contributed by atoms with Crippen molar-refractivity contribution in [1.29, 1.82) is 0 Å². The number of esters is 3. The molecule has 0 fully saturated rings. The number of ether oxygens (including phenoxy) is 3. The van der Waals surface area contributed by atoms with Gasteiger partial charge in [-0.25, -0.2) is 0 Å². The monoisotopic (exact) mass is 1040 g/mol. The van der Waals surface area contributed by atoms with Crippen LogP contribution in [0.5, 0.6) is 0 Å². The number of hydrogen-bond acceptors (Lipinski definition) is 6. The van der Waals surface area contributed by atoms with Gasteiger partial charge in [0.15, 0.2) is 6.10 Å². The van der Waals surface area contributed by atoms with Crippen molar-refractivity contribution in [1.82, 2.24) is 0 Å². The van der Waals surface area contributed by atoms with Gasteiger partial charge >= 0.3 is 17.9 Å². The normalized spacial score (nSPS) is 12.3. The van der Waals surface area contributed by atoms with Crippen molar-refractivity contribution in [3.8, 4) is 0 Å². The topological polar surface area (TPSA) is 78.9 Å². The van der Waals surface area contributed by atoms with E-state index in [1.54, 1.807) is 0 Å². The molecule has 0 rings (SSSR count). The molecule has 0 saturated heterocycles. The Morgan fingerprint density at radius 3 is 0.797 bits per heavy atom. The van der Waals surface area contributed by atoms with E-state index in [-0.39, 0.29) is 31.1 Å². The van der Waals surface area contributed by atoms with Gasteiger partial charge in [0.2, 0.25) is 0 Å². The van der Waals surface area contributed by atoms with E-state index in [4.69, 9.17) is 14.2 Å². The van der Waals surface area contributed by atoms with Crippen LogP contribution in [0.2, 0.25) is 0 Å². The van der Waals surface area contributed by atoms with Crippen molar-refractivity contribution >= 4 is 17.9 Å². The van der Waals surface area contributed by atoms with Gasteiger partial charge in [-0.05, 0) is 77.0 Å². The minimum absolute atomic E-state index is 0.0742. The van der Waals surface area contributed by atoms with Crippen LogP contribution >= 0.6 is 0 Å². The summed E-state index contributed by atoms with van der Waals surface area (Å²) in [5, 5.41) is 0. The van der Waals surface area contributed by atoms with Gasteiger partial charge in [-0.3, -0.25) is 14.4 Å². The molecule has 6 heteroatoms. The van der Waals surface area contributed by atoms with Gasteiger partial charge in [0, 0.05) is 19.3 Å². The Labute approximate surface area is 460 Å². The predicted molar refractivity (Wildman–Crippen MR) is 321 cm³/mol. The second-order valence-corrected chi connectivity index (χ2v) is 22.0. The Balaban J connectivity index is 4.26. The van der Waals surface area contributed by atoms with E-state index in [0.29, 0.717) is 19.3 Å². The average molecular weight is 1040 g/mol. The Bertz CT molecular complexity index is 1280. The first-order valence-electron chi connectivity index (χ1n) is 32.6. The third-order valence-electron chi connectivity index (χ3n) is 14.5. The van der Waals surface area contributed by atoms with Crippen LogP contribution in [0.1, 0.15) is 348 Å². The number of carbonyl (C=O) groups excluding carboxylic acids is 3. The molecule has 0 N–H and O–H groups in total. The summed E-state index contributed by atoms with van der Waals surface area (Å²) in [6, 6.07) is 0. The first-order valence-corrected chi connectivity index (χ1v) is 32.6. The fourth-order valence-electron chi connectivity index (χ4n) is 9.63. The summed E-state index contributed by atoms with van der Waals surface area (Å²) in [6.45, 7) is 6.61. The van der Waals surface area contributed by atoms with E-state index in [2.05, 4.69) is 69.4 Å². The zero-order valence-electron chi connectivity index (χ0n) is 49.6. The van der Waals surface area contributed by atoms with E-state index in [9.17, 15) is 14.4 Å². The Morgan fingerprint density at radius 1 is 0.270 bits per heavy atom. The molecule has 0 aromatic carbocycles. The molecule has 0 aliphatic heterocycles. The molecule has 0 aliphatic rings. The largest absolute Gasteiger partial charge is 0.462 e. The molecule has 0 amide bonds. The highest BCUT2D eigenvalue weighted by molar-refractivity contribution is 5.71. The van der Waals surface area contributed by atoms with E-state index in [1.165, 1.54) is 218 Å². The van der Waals surface area contributed by atoms with Crippen molar-refractivity contribution < 1.29 is 28.6 Å². The highest BCUT2D eigenvalue weighted by Gasteiger charge is 2.19. The molecule has 432 valence electrons. The highest BCUT2D eigenvalue weighted by atomic mass is 16.6. The molecular formula is C68H124O6. The quantitative estimate of drug-likeness (QED) is 0.0261. The number of unbranched alkanes of at least 4 members (excludes halogenated alkanes) is 41. The third-order valence-corrected chi connectivity index (χ3v) is 14.5. The van der Waals surface area contributed by atoms with Gasteiger partial charge in [-0.15, -0.1) is 0 Å². The van der Waals surface area contributed by atoms with Gasteiger partial charge in [-0.2, -0.15) is 0 Å². The average Bonchev–Trinajstić information content (AvgIpc) is 3.40. The first kappa shape index (κ1) is 71.4. The molecule has 0 aromatic heterocycles. The van der Waals surface area contributed by atoms with E-state index in [0.717, 1.165) is 89.9 Å². The number of rotatable bonds is 60. The van der Waals surface area contributed by atoms with E-state index in [1.807, 2.05) is 0 Å². The summed E-state index contributed by atoms with van der Waals surface area (Å²) in [5.41, 5.74) is 0. The Kier molecular flexibility index (Phi) is 60.7. The second-order valence-electron chi connectivity index (χ2n) is 22.0. The van der Waals surface area contributed by atoms with E-state index >= 15 is 0 Å². The van der Waals surface area contributed by atoms with Crippen LogP contribution in [0.3, 0.4) is 0 Å². The SMILES string of the molecule is CCC/C=C\C/C=C\CCCCCCCC(=O)OCC(COC(=O)CCCCCCCCCCCCCCC/C=C\C/C=C\CCCCCCC)OC(=O)CCCCCCCCCCCCCCCCCCCC. The van der Waals surface area contributed by atoms with Gasteiger partial charge in [0.1, 0.15) is 13.2 Å². The van der Waals surface area contributed by atoms with Crippen LogP contribution < -0.4 is 0 Å². The van der Waals surface area contributed by atoms with Crippen LogP contribution in [0.15, 0.2) is 48.6 Å². The molecular weight excluding hydrogens is 913 g/mol. The smallest absolute Gasteiger partial charge is 0.306 e. The first-order chi connectivity index (χ1) is 36.5. The van der Waals surface area contributed by atoms with Crippen LogP contribution in [-0.2, 0) is 28.6 Å². The lowest BCUT2D eigenvalue weighted by Gasteiger charge is -2.18. The standard InChI is InChI=1S/C68H124O6/c1-4-7-10-13-16-19-22-25-27-29-31-32-33-34-35-36-37-39-40-43-46-49-52-55-58-61-67(70)73-64-65(63-72-66(69)60-57-54-51-48-45-42-24-21-18-15-12-9-6-3)74-68(71)62-59-56-53-50-47-44-41-38-30-28-26-23-20-17-14-11-8-5-2/h12,15,21-22,24-25,29,31,65H,4-11,13-14,16-20,23,26-28,30,32-64H2,1-3H3/b15-12-,24-21-,25-22-,31-29-. The lowest BCUT2D eigenvalue weighted by Crippen LogP contribution is -2.30. The molecule has 1 atom stereocenters. The van der Waals surface area contributed by atoms with Crippen LogP contribution in [0.25, 0.3) is 0 Å². The third kappa shape index (κ3) is 60.2. The second kappa shape index (κ2) is 62.9. The Morgan fingerprint density at radius 2 is 0.514 bits per heavy atom. The van der Waals surface area contributed by atoms with Gasteiger partial charge in [0.25, 0.3) is 0 Å². The summed E-state index contributed by atoms with van der Waals surface area (Å²) in [7, 11) is 0. The molecule has 0 aromatic rings. The minimum atomic E-state index is -0.777. The summed E-state index contributed by atoms with van der Waals surface area (Å²) >= 11 is 0. The minimum Gasteiger partial charge on any atom is -0.462 e. The van der Waals surface area contributed by atoms with E-state index < -0.39 is 6.10 Å². The lowest BCUT2D eigenvalue weighted by atomic mass is 10.0. The maximum Gasteiger partial charge on any atom is 0.306 e. The predicted octanol–water partition coefficient (Wildman–Crippen LogP) is 22.2. The fraction of sp³-hybridized carbons (Fsp3) is 0.838. The molecule has 0 spiro atoms. The highest BCUT2D eigenvalue weighted by Crippen LogP contribution is 2.17. The van der Waals surface area contributed by atoms with Crippen molar-refractivity contribution in [2.45, 2.75) is 354 Å². The summed E-state index contributed by atoms with van der Waals surface area (Å²) in [5.74, 6) is -0.868. The number of hydrogen-bond donors (Lipinski definition) is 0. The molecule has 0 saturated carbocycles. The molecule has 74 heavy (non-hydrogen) atoms. The molecule has 0 heterocycles. The van der Waals surface area contributed by atoms with Crippen LogP contribution in [0.4, 0.5) is 0 Å². The molecule has 1 unspecified atom stereocenters. The summed E-state index contributed by atoms with van der Waals surface area (Å²) < 4.78 is 16.9.